The fourth-order valence-corrected chi connectivity index (χ4v) is 6.68. The molecule has 0 bridgehead atoms. The van der Waals surface area contributed by atoms with Gasteiger partial charge in [-0.2, -0.15) is 21.9 Å². The van der Waals surface area contributed by atoms with Crippen molar-refractivity contribution in [2.75, 3.05) is 5.73 Å². The lowest BCUT2D eigenvalue weighted by Gasteiger charge is -2.12. The molecule has 0 spiro atoms. The number of aromatic hydroxyl groups is 1. The van der Waals surface area contributed by atoms with Crippen molar-refractivity contribution in [3.8, 4) is 5.75 Å². The van der Waals surface area contributed by atoms with E-state index in [4.69, 9.17) is 5.73 Å². The second kappa shape index (κ2) is 11.9. The van der Waals surface area contributed by atoms with Crippen LogP contribution in [0.2, 0.25) is 0 Å². The summed E-state index contributed by atoms with van der Waals surface area (Å²) in [5, 5.41) is 26.1. The fraction of sp³-hybridized carbons (Fsp3) is 0. The molecule has 0 radical (unpaired) electrons. The molecule has 0 unspecified atom stereocenters. The molecule has 48 heavy (non-hydrogen) atoms. The molecule has 5 aromatic carbocycles. The number of azo groups is 2. The van der Waals surface area contributed by atoms with Crippen molar-refractivity contribution >= 4 is 90.5 Å². The summed E-state index contributed by atoms with van der Waals surface area (Å²) in [5.74, 6) is -0.939. The quantitative estimate of drug-likeness (QED) is 0.0974. The van der Waals surface area contributed by atoms with Gasteiger partial charge in [0.05, 0.1) is 32.5 Å². The monoisotopic (exact) mass is 735 g/mol. The van der Waals surface area contributed by atoms with Crippen LogP contribution < -0.4 is 5.73 Å². The Morgan fingerprint density at radius 3 is 1.65 bits per heavy atom. The van der Waals surface area contributed by atoms with E-state index < -0.39 is 77.2 Å². The second-order valence-corrected chi connectivity index (χ2v) is 15.3. The third-order valence-electron chi connectivity index (χ3n) is 6.62. The highest BCUT2D eigenvalue weighted by Crippen LogP contribution is 2.44. The van der Waals surface area contributed by atoms with Gasteiger partial charge < -0.3 is 19.9 Å². The van der Waals surface area contributed by atoms with Crippen LogP contribution >= 0.6 is 0 Å². The van der Waals surface area contributed by atoms with Crippen LogP contribution in [0.3, 0.4) is 0 Å². The van der Waals surface area contributed by atoms with E-state index in [0.717, 1.165) is 42.5 Å². The third kappa shape index (κ3) is 6.99. The van der Waals surface area contributed by atoms with E-state index in [9.17, 15) is 57.0 Å². The van der Waals surface area contributed by atoms with E-state index in [2.05, 4.69) is 20.5 Å². The highest BCUT2D eigenvalue weighted by atomic mass is 32.2. The molecule has 0 saturated heterocycles. The van der Waals surface area contributed by atoms with Crippen molar-refractivity contribution in [3.63, 3.8) is 0 Å². The lowest BCUT2D eigenvalue weighted by Crippen LogP contribution is -2.04. The zero-order valence-corrected chi connectivity index (χ0v) is 26.6. The van der Waals surface area contributed by atoms with Crippen LogP contribution in [0.4, 0.5) is 28.4 Å². The van der Waals surface area contributed by atoms with Crippen LogP contribution in [0.5, 0.6) is 5.75 Å². The second-order valence-electron chi connectivity index (χ2n) is 9.75. The first kappa shape index (κ1) is 34.4. The number of anilines is 1. The van der Waals surface area contributed by atoms with Gasteiger partial charge in [0.2, 0.25) is 0 Å². The van der Waals surface area contributed by atoms with Gasteiger partial charge in [-0.15, -0.1) is 15.3 Å². The minimum atomic E-state index is -5.19. The van der Waals surface area contributed by atoms with E-state index >= 15 is 0 Å². The molecular weight excluding hydrogens is 719 g/mol. The minimum Gasteiger partial charge on any atom is -0.744 e. The fourth-order valence-electron chi connectivity index (χ4n) is 4.43. The Balaban J connectivity index is 1.68. The molecule has 0 aromatic heterocycles. The summed E-state index contributed by atoms with van der Waals surface area (Å²) in [6.45, 7) is 0. The summed E-state index contributed by atoms with van der Waals surface area (Å²) in [6.07, 6.45) is 0. The van der Waals surface area contributed by atoms with Crippen LogP contribution in [0, 0.1) is 0 Å². The first-order valence-corrected chi connectivity index (χ1v) is 18.3. The van der Waals surface area contributed by atoms with Crippen LogP contribution in [0.15, 0.2) is 113 Å². The normalized spacial score (nSPS) is 13.2. The van der Waals surface area contributed by atoms with Crippen molar-refractivity contribution in [2.24, 2.45) is 20.5 Å². The number of rotatable bonds is 8. The highest BCUT2D eigenvalue weighted by molar-refractivity contribution is 7.86. The predicted octanol–water partition coefficient (Wildman–Crippen LogP) is 4.41. The molecule has 250 valence electrons. The molecule has 5 aromatic rings. The Labute approximate surface area is 270 Å². The van der Waals surface area contributed by atoms with Gasteiger partial charge in [0.15, 0.2) is 5.75 Å². The van der Waals surface area contributed by atoms with Gasteiger partial charge in [0.25, 0.3) is 20.2 Å². The number of hydrogen-bond acceptors (Lipinski definition) is 16. The molecule has 0 amide bonds. The van der Waals surface area contributed by atoms with E-state index in [1.807, 2.05) is 0 Å². The summed E-state index contributed by atoms with van der Waals surface area (Å²) >= 11 is 0. The topological polar surface area (TPSA) is 319 Å². The lowest BCUT2D eigenvalue weighted by atomic mass is 10.1. The molecule has 5 N–H and O–H groups in total. The number of hydrogen-bond donors (Lipinski definition) is 4. The number of benzene rings is 5. The van der Waals surface area contributed by atoms with Gasteiger partial charge in [0, 0.05) is 16.2 Å². The summed E-state index contributed by atoms with van der Waals surface area (Å²) in [6, 6.07) is 12.4. The predicted molar refractivity (Wildman–Crippen MR) is 164 cm³/mol. The Morgan fingerprint density at radius 1 is 0.562 bits per heavy atom. The Hall–Kier alpha value is -4.94. The number of phenols is 1. The van der Waals surface area contributed by atoms with E-state index in [0.29, 0.717) is 0 Å². The molecule has 0 aliphatic heterocycles. The largest absolute Gasteiger partial charge is 0.744 e. The smallest absolute Gasteiger partial charge is 0.296 e. The lowest BCUT2D eigenvalue weighted by molar-refractivity contribution is 0.461. The molecule has 0 atom stereocenters. The van der Waals surface area contributed by atoms with E-state index in [1.165, 1.54) is 30.3 Å². The van der Waals surface area contributed by atoms with Crippen molar-refractivity contribution < 1.29 is 57.0 Å². The molecule has 0 heterocycles. The number of nitrogen functional groups attached to an aromatic ring is 1. The van der Waals surface area contributed by atoms with Gasteiger partial charge >= 0.3 is 0 Å². The Morgan fingerprint density at radius 2 is 1.08 bits per heavy atom. The molecule has 0 saturated carbocycles. The number of fused-ring (bicyclic) bond motifs is 2. The maximum absolute atomic E-state index is 12.3. The SMILES string of the molecule is Nc1cc2c(O)c(N=Nc3ccc(N=Nc4ccc(S(=O)(=O)[O-])cc4)c4ccc(S(=O)(=O)[O-])cc34)c(S(=O)(=O)O)cc2cc1S(=O)(=O)O. The number of nitrogens with two attached hydrogens (primary N) is 1. The Kier molecular flexibility index (Phi) is 8.56. The van der Waals surface area contributed by atoms with Gasteiger partial charge in [-0.05, 0) is 72.1 Å². The van der Waals surface area contributed by atoms with Gasteiger partial charge in [-0.3, -0.25) is 9.11 Å². The number of nitrogens with zero attached hydrogens (tertiary/aromatic N) is 4. The summed E-state index contributed by atoms with van der Waals surface area (Å²) < 4.78 is 136. The average molecular weight is 736 g/mol. The van der Waals surface area contributed by atoms with Crippen LogP contribution in [-0.2, 0) is 40.5 Å². The van der Waals surface area contributed by atoms with Gasteiger partial charge in [0.1, 0.15) is 35.7 Å². The van der Waals surface area contributed by atoms with E-state index in [-0.39, 0.29) is 38.6 Å². The maximum Gasteiger partial charge on any atom is 0.296 e. The van der Waals surface area contributed by atoms with E-state index in [1.54, 1.807) is 0 Å². The molecule has 0 fully saturated rings. The third-order valence-corrected chi connectivity index (χ3v) is 10.1. The molecule has 0 aliphatic carbocycles. The van der Waals surface area contributed by atoms with Crippen molar-refractivity contribution in [1.82, 2.24) is 0 Å². The Bertz CT molecular complexity index is 2680. The molecule has 18 nitrogen and oxygen atoms in total. The summed E-state index contributed by atoms with van der Waals surface area (Å²) in [4.78, 5) is -3.07. The summed E-state index contributed by atoms with van der Waals surface area (Å²) in [7, 11) is -19.8. The average Bonchev–Trinajstić information content (AvgIpc) is 2.97. The van der Waals surface area contributed by atoms with Crippen molar-refractivity contribution in [2.45, 2.75) is 19.6 Å². The number of phenolic OH excluding ortho intramolecular Hbond substituents is 1. The minimum absolute atomic E-state index is 0.0663. The summed E-state index contributed by atoms with van der Waals surface area (Å²) in [5.41, 5.74) is 4.29. The first-order valence-electron chi connectivity index (χ1n) is 12.6. The maximum atomic E-state index is 12.3. The first-order chi connectivity index (χ1) is 22.1. The van der Waals surface area contributed by atoms with Crippen molar-refractivity contribution in [1.29, 1.82) is 0 Å². The zero-order valence-electron chi connectivity index (χ0n) is 23.4. The zero-order chi connectivity index (χ0) is 35.4. The van der Waals surface area contributed by atoms with Crippen LogP contribution in [0.25, 0.3) is 21.5 Å². The van der Waals surface area contributed by atoms with Crippen LogP contribution in [-0.4, -0.2) is 57.0 Å². The molecule has 0 aliphatic rings. The highest BCUT2D eigenvalue weighted by Gasteiger charge is 2.25. The molecular formula is C26H17N5O13S4-2. The van der Waals surface area contributed by atoms with Crippen molar-refractivity contribution in [3.05, 3.63) is 72.8 Å². The van der Waals surface area contributed by atoms with Gasteiger partial charge in [-0.25, -0.2) is 16.8 Å². The van der Waals surface area contributed by atoms with Gasteiger partial charge in [-0.1, -0.05) is 6.07 Å². The molecule has 22 heteroatoms. The molecule has 5 rings (SSSR count). The standard InChI is InChI=1S/C26H19N5O13S4/c27-20-12-18-13(9-23(20)47(39,40)41)10-24(48(42,43)44)25(26(18)32)31-30-22-8-7-21(17-6-5-16(11-19(17)22)46(36,37)38)29-28-14-1-3-15(4-2-14)45(33,34)35/h1-12,32H,27H2,(H,33,34,35)(H,36,37,38)(H,39,40,41)(H,42,43,44)/p-2. The van der Waals surface area contributed by atoms with Crippen LogP contribution in [0.1, 0.15) is 0 Å².